The fourth-order valence-electron chi connectivity index (χ4n) is 1.99. The molecule has 0 spiro atoms. The SMILES string of the molecule is CCc1cc(NC(CO)CC(C)(C)C)nc(C)n1. The van der Waals surface area contributed by atoms with E-state index in [-0.39, 0.29) is 18.1 Å². The third kappa shape index (κ3) is 5.00. The van der Waals surface area contributed by atoms with Crippen molar-refractivity contribution in [2.24, 2.45) is 5.41 Å². The van der Waals surface area contributed by atoms with E-state index in [2.05, 4.69) is 43.0 Å². The fraction of sp³-hybridized carbons (Fsp3) is 0.714. The Morgan fingerprint density at radius 1 is 1.33 bits per heavy atom. The van der Waals surface area contributed by atoms with Crippen molar-refractivity contribution in [3.8, 4) is 0 Å². The van der Waals surface area contributed by atoms with Crippen LogP contribution in [-0.2, 0) is 6.42 Å². The summed E-state index contributed by atoms with van der Waals surface area (Å²) in [7, 11) is 0. The molecule has 1 aromatic heterocycles. The zero-order valence-corrected chi connectivity index (χ0v) is 12.1. The van der Waals surface area contributed by atoms with Crippen LogP contribution in [0.1, 0.15) is 45.6 Å². The van der Waals surface area contributed by atoms with Gasteiger partial charge in [-0.1, -0.05) is 27.7 Å². The molecule has 18 heavy (non-hydrogen) atoms. The monoisotopic (exact) mass is 251 g/mol. The minimum Gasteiger partial charge on any atom is -0.394 e. The summed E-state index contributed by atoms with van der Waals surface area (Å²) in [5, 5.41) is 12.7. The molecule has 4 nitrogen and oxygen atoms in total. The van der Waals surface area contributed by atoms with Crippen molar-refractivity contribution in [3.63, 3.8) is 0 Å². The summed E-state index contributed by atoms with van der Waals surface area (Å²) in [5.74, 6) is 1.58. The number of aliphatic hydroxyl groups is 1. The Kier molecular flexibility index (Phi) is 5.08. The lowest BCUT2D eigenvalue weighted by atomic mass is 9.88. The van der Waals surface area contributed by atoms with Gasteiger partial charge in [-0.25, -0.2) is 9.97 Å². The Bertz CT molecular complexity index is 385. The average molecular weight is 251 g/mol. The van der Waals surface area contributed by atoms with Gasteiger partial charge in [0.2, 0.25) is 0 Å². The van der Waals surface area contributed by atoms with Crippen molar-refractivity contribution in [1.29, 1.82) is 0 Å². The number of nitrogens with one attached hydrogen (secondary N) is 1. The second-order valence-corrected chi connectivity index (χ2v) is 5.93. The minimum atomic E-state index is 0.0315. The Balaban J connectivity index is 2.78. The van der Waals surface area contributed by atoms with Crippen LogP contribution in [0.25, 0.3) is 0 Å². The van der Waals surface area contributed by atoms with Crippen molar-refractivity contribution >= 4 is 5.82 Å². The predicted molar refractivity (Wildman–Crippen MR) is 74.7 cm³/mol. The average Bonchev–Trinajstić information content (AvgIpc) is 2.25. The van der Waals surface area contributed by atoms with Gasteiger partial charge in [-0.15, -0.1) is 0 Å². The van der Waals surface area contributed by atoms with Gasteiger partial charge in [0.1, 0.15) is 11.6 Å². The highest BCUT2D eigenvalue weighted by Crippen LogP contribution is 2.22. The third-order valence-corrected chi connectivity index (χ3v) is 2.68. The summed E-state index contributed by atoms with van der Waals surface area (Å²) in [5.41, 5.74) is 1.20. The van der Waals surface area contributed by atoms with Gasteiger partial charge in [-0.3, -0.25) is 0 Å². The number of aromatic nitrogens is 2. The number of aryl methyl sites for hydroxylation is 2. The van der Waals surface area contributed by atoms with Crippen LogP contribution >= 0.6 is 0 Å². The third-order valence-electron chi connectivity index (χ3n) is 2.68. The Hall–Kier alpha value is -1.16. The molecular formula is C14H25N3O. The van der Waals surface area contributed by atoms with Gasteiger partial charge in [0.05, 0.1) is 12.6 Å². The molecule has 102 valence electrons. The molecule has 1 aromatic rings. The van der Waals surface area contributed by atoms with Crippen LogP contribution in [0.4, 0.5) is 5.82 Å². The molecule has 0 radical (unpaired) electrons. The first-order valence-corrected chi connectivity index (χ1v) is 6.56. The molecule has 0 aliphatic rings. The first kappa shape index (κ1) is 14.9. The maximum atomic E-state index is 9.44. The van der Waals surface area contributed by atoms with Crippen molar-refractivity contribution < 1.29 is 5.11 Å². The van der Waals surface area contributed by atoms with Crippen LogP contribution in [-0.4, -0.2) is 27.7 Å². The van der Waals surface area contributed by atoms with E-state index in [0.717, 1.165) is 30.2 Å². The van der Waals surface area contributed by atoms with E-state index in [0.29, 0.717) is 0 Å². The molecule has 1 atom stereocenters. The maximum Gasteiger partial charge on any atom is 0.130 e. The zero-order chi connectivity index (χ0) is 13.8. The molecule has 2 N–H and O–H groups in total. The van der Waals surface area contributed by atoms with E-state index >= 15 is 0 Å². The molecule has 0 amide bonds. The van der Waals surface area contributed by atoms with Crippen LogP contribution in [0.2, 0.25) is 0 Å². The summed E-state index contributed by atoms with van der Waals surface area (Å²) in [4.78, 5) is 8.71. The van der Waals surface area contributed by atoms with Crippen molar-refractivity contribution in [2.75, 3.05) is 11.9 Å². The van der Waals surface area contributed by atoms with Crippen LogP contribution in [0.3, 0.4) is 0 Å². The van der Waals surface area contributed by atoms with Crippen LogP contribution < -0.4 is 5.32 Å². The minimum absolute atomic E-state index is 0.0315. The van der Waals surface area contributed by atoms with Crippen molar-refractivity contribution in [1.82, 2.24) is 9.97 Å². The lowest BCUT2D eigenvalue weighted by Gasteiger charge is -2.26. The first-order valence-electron chi connectivity index (χ1n) is 6.56. The Labute approximate surface area is 110 Å². The lowest BCUT2D eigenvalue weighted by molar-refractivity contribution is 0.233. The largest absolute Gasteiger partial charge is 0.394 e. The predicted octanol–water partition coefficient (Wildman–Crippen LogP) is 2.56. The van der Waals surface area contributed by atoms with Crippen LogP contribution in [0, 0.1) is 12.3 Å². The van der Waals surface area contributed by atoms with Gasteiger partial charge in [0, 0.05) is 11.8 Å². The van der Waals surface area contributed by atoms with Crippen molar-refractivity contribution in [2.45, 2.75) is 53.5 Å². The molecule has 0 aliphatic heterocycles. The summed E-state index contributed by atoms with van der Waals surface area (Å²) < 4.78 is 0. The van der Waals surface area contributed by atoms with Gasteiger partial charge in [-0.05, 0) is 25.2 Å². The number of rotatable bonds is 5. The molecule has 0 saturated heterocycles. The summed E-state index contributed by atoms with van der Waals surface area (Å²) in [6, 6.07) is 1.99. The molecule has 4 heteroatoms. The van der Waals surface area contributed by atoms with Gasteiger partial charge in [0.25, 0.3) is 0 Å². The molecular weight excluding hydrogens is 226 g/mol. The topological polar surface area (TPSA) is 58.0 Å². The summed E-state index contributed by atoms with van der Waals surface area (Å²) in [6.07, 6.45) is 1.79. The smallest absolute Gasteiger partial charge is 0.130 e. The number of aliphatic hydroxyl groups excluding tert-OH is 1. The Morgan fingerprint density at radius 2 is 2.00 bits per heavy atom. The number of nitrogens with zero attached hydrogens (tertiary/aromatic N) is 2. The van der Waals surface area contributed by atoms with E-state index in [9.17, 15) is 5.11 Å². The van der Waals surface area contributed by atoms with E-state index in [1.807, 2.05) is 13.0 Å². The summed E-state index contributed by atoms with van der Waals surface area (Å²) >= 11 is 0. The highest BCUT2D eigenvalue weighted by atomic mass is 16.3. The molecule has 0 bridgehead atoms. The van der Waals surface area contributed by atoms with E-state index in [1.54, 1.807) is 0 Å². The number of hydrogen-bond donors (Lipinski definition) is 2. The Morgan fingerprint density at radius 3 is 2.50 bits per heavy atom. The highest BCUT2D eigenvalue weighted by Gasteiger charge is 2.18. The van der Waals surface area contributed by atoms with Crippen LogP contribution in [0.5, 0.6) is 0 Å². The molecule has 0 saturated carbocycles. The number of anilines is 1. The molecule has 0 aromatic carbocycles. The lowest BCUT2D eigenvalue weighted by Crippen LogP contribution is -2.29. The van der Waals surface area contributed by atoms with Crippen molar-refractivity contribution in [3.05, 3.63) is 17.6 Å². The van der Waals surface area contributed by atoms with E-state index < -0.39 is 0 Å². The second kappa shape index (κ2) is 6.14. The fourth-order valence-corrected chi connectivity index (χ4v) is 1.99. The van der Waals surface area contributed by atoms with Gasteiger partial charge >= 0.3 is 0 Å². The van der Waals surface area contributed by atoms with Gasteiger partial charge in [-0.2, -0.15) is 0 Å². The molecule has 1 unspecified atom stereocenters. The highest BCUT2D eigenvalue weighted by molar-refractivity contribution is 5.37. The molecule has 1 rings (SSSR count). The second-order valence-electron chi connectivity index (χ2n) is 5.93. The summed E-state index contributed by atoms with van der Waals surface area (Å²) in [6.45, 7) is 10.6. The van der Waals surface area contributed by atoms with E-state index in [4.69, 9.17) is 0 Å². The van der Waals surface area contributed by atoms with E-state index in [1.165, 1.54) is 0 Å². The normalized spacial score (nSPS) is 13.4. The quantitative estimate of drug-likeness (QED) is 0.844. The van der Waals surface area contributed by atoms with Gasteiger partial charge in [0.15, 0.2) is 0 Å². The standard InChI is InChI=1S/C14H25N3O/c1-6-11-7-13(16-10(2)15-11)17-12(9-18)8-14(3,4)5/h7,12,18H,6,8-9H2,1-5H3,(H,15,16,17). The molecule has 0 aliphatic carbocycles. The molecule has 0 fully saturated rings. The first-order chi connectivity index (χ1) is 8.34. The van der Waals surface area contributed by atoms with Gasteiger partial charge < -0.3 is 10.4 Å². The zero-order valence-electron chi connectivity index (χ0n) is 12.1. The molecule has 1 heterocycles. The maximum absolute atomic E-state index is 9.44. The number of hydrogen-bond acceptors (Lipinski definition) is 4. The van der Waals surface area contributed by atoms with Crippen LogP contribution in [0.15, 0.2) is 6.07 Å².